The summed E-state index contributed by atoms with van der Waals surface area (Å²) in [4.78, 5) is 24.1. The Bertz CT molecular complexity index is 1210. The number of carbonyl (C=O) groups is 2. The van der Waals surface area contributed by atoms with Gasteiger partial charge in [0.15, 0.2) is 11.5 Å². The van der Waals surface area contributed by atoms with Crippen LogP contribution in [0.2, 0.25) is 10.0 Å². The number of carbonyl (C=O) groups excluding carboxylic acids is 2. The Morgan fingerprint density at radius 3 is 2.35 bits per heavy atom. The number of rotatable bonds is 7. The fourth-order valence-corrected chi connectivity index (χ4v) is 3.92. The molecule has 0 saturated heterocycles. The van der Waals surface area contributed by atoms with Gasteiger partial charge < -0.3 is 14.8 Å². The maximum atomic E-state index is 12.1. The van der Waals surface area contributed by atoms with Crippen molar-refractivity contribution < 1.29 is 19.1 Å². The van der Waals surface area contributed by atoms with Gasteiger partial charge in [0, 0.05) is 15.7 Å². The van der Waals surface area contributed by atoms with Gasteiger partial charge in [-0.05, 0) is 64.3 Å². The molecule has 176 valence electrons. The third-order valence-electron chi connectivity index (χ3n) is 4.46. The SMILES string of the molecule is COc1cc(/C=N/NC(=O)C(=O)Nc2cc(Cl)cc(Cl)c2)cc(Br)c1OCc1ccc(C)cc1. The lowest BCUT2D eigenvalue weighted by Crippen LogP contribution is -2.32. The van der Waals surface area contributed by atoms with E-state index in [1.165, 1.54) is 37.1 Å². The Hall–Kier alpha value is -3.07. The van der Waals surface area contributed by atoms with E-state index in [0.717, 1.165) is 5.56 Å². The summed E-state index contributed by atoms with van der Waals surface area (Å²) in [6, 6.07) is 15.9. The number of benzene rings is 3. The molecule has 0 radical (unpaired) electrons. The minimum atomic E-state index is -0.962. The maximum absolute atomic E-state index is 12.1. The summed E-state index contributed by atoms with van der Waals surface area (Å²) in [7, 11) is 1.52. The second-order valence-electron chi connectivity index (χ2n) is 7.12. The van der Waals surface area contributed by atoms with E-state index in [-0.39, 0.29) is 5.69 Å². The van der Waals surface area contributed by atoms with Gasteiger partial charge in [-0.1, -0.05) is 53.0 Å². The van der Waals surface area contributed by atoms with Gasteiger partial charge in [0.05, 0.1) is 17.8 Å². The van der Waals surface area contributed by atoms with Crippen molar-refractivity contribution in [2.24, 2.45) is 5.10 Å². The smallest absolute Gasteiger partial charge is 0.329 e. The number of aryl methyl sites for hydroxylation is 1. The minimum Gasteiger partial charge on any atom is -0.493 e. The number of amides is 2. The van der Waals surface area contributed by atoms with Gasteiger partial charge in [-0.25, -0.2) is 5.43 Å². The number of anilines is 1. The molecule has 0 aliphatic rings. The Kier molecular flexibility index (Phi) is 8.92. The van der Waals surface area contributed by atoms with Crippen molar-refractivity contribution in [3.8, 4) is 11.5 Å². The van der Waals surface area contributed by atoms with Crippen molar-refractivity contribution in [3.63, 3.8) is 0 Å². The molecule has 0 bridgehead atoms. The average Bonchev–Trinajstić information content (AvgIpc) is 2.78. The number of hydrogen-bond donors (Lipinski definition) is 2. The molecule has 0 atom stereocenters. The van der Waals surface area contributed by atoms with Crippen molar-refractivity contribution >= 4 is 62.8 Å². The normalized spacial score (nSPS) is 10.7. The number of ether oxygens (including phenoxy) is 2. The first-order valence-corrected chi connectivity index (χ1v) is 11.5. The highest BCUT2D eigenvalue weighted by molar-refractivity contribution is 9.10. The van der Waals surface area contributed by atoms with Crippen LogP contribution in [0.25, 0.3) is 0 Å². The molecule has 0 aliphatic carbocycles. The number of halogens is 3. The number of hydrogen-bond acceptors (Lipinski definition) is 5. The van der Waals surface area contributed by atoms with E-state index in [1.54, 1.807) is 12.1 Å². The molecule has 3 aromatic carbocycles. The van der Waals surface area contributed by atoms with E-state index in [0.29, 0.717) is 38.2 Å². The number of methoxy groups -OCH3 is 1. The van der Waals surface area contributed by atoms with Crippen LogP contribution in [0, 0.1) is 6.92 Å². The summed E-state index contributed by atoms with van der Waals surface area (Å²) in [5.41, 5.74) is 5.25. The van der Waals surface area contributed by atoms with Gasteiger partial charge in [-0.15, -0.1) is 0 Å². The van der Waals surface area contributed by atoms with Crippen molar-refractivity contribution in [3.05, 3.63) is 85.8 Å². The predicted octanol–water partition coefficient (Wildman–Crippen LogP) is 5.74. The molecule has 2 N–H and O–H groups in total. The molecule has 0 unspecified atom stereocenters. The lowest BCUT2D eigenvalue weighted by molar-refractivity contribution is -0.136. The van der Waals surface area contributed by atoms with E-state index >= 15 is 0 Å². The maximum Gasteiger partial charge on any atom is 0.329 e. The largest absolute Gasteiger partial charge is 0.493 e. The van der Waals surface area contributed by atoms with Crippen molar-refractivity contribution in [2.75, 3.05) is 12.4 Å². The second-order valence-corrected chi connectivity index (χ2v) is 8.85. The van der Waals surface area contributed by atoms with Gasteiger partial charge in [0.2, 0.25) is 0 Å². The van der Waals surface area contributed by atoms with Crippen LogP contribution in [0.15, 0.2) is 64.2 Å². The predicted molar refractivity (Wildman–Crippen MR) is 137 cm³/mol. The molecular weight excluding hydrogens is 545 g/mol. The highest BCUT2D eigenvalue weighted by Gasteiger charge is 2.14. The van der Waals surface area contributed by atoms with E-state index in [2.05, 4.69) is 31.8 Å². The van der Waals surface area contributed by atoms with Crippen LogP contribution in [-0.2, 0) is 16.2 Å². The van der Waals surface area contributed by atoms with E-state index in [1.807, 2.05) is 31.2 Å². The fraction of sp³-hybridized carbons (Fsp3) is 0.125. The standard InChI is InChI=1S/C24H20BrCl2N3O4/c1-14-3-5-15(6-4-14)13-34-22-20(25)7-16(8-21(22)33-2)12-28-30-24(32)23(31)29-19-10-17(26)9-18(27)11-19/h3-12H,13H2,1-2H3,(H,29,31)(H,30,32)/b28-12+. The highest BCUT2D eigenvalue weighted by Crippen LogP contribution is 2.36. The summed E-state index contributed by atoms with van der Waals surface area (Å²) in [5.74, 6) is -0.876. The molecule has 0 saturated carbocycles. The van der Waals surface area contributed by atoms with Crippen LogP contribution in [0.5, 0.6) is 11.5 Å². The van der Waals surface area contributed by atoms with Crippen LogP contribution in [0.4, 0.5) is 5.69 Å². The molecule has 0 spiro atoms. The molecule has 0 heterocycles. The Morgan fingerprint density at radius 1 is 1.03 bits per heavy atom. The van der Waals surface area contributed by atoms with Crippen LogP contribution in [-0.4, -0.2) is 25.1 Å². The summed E-state index contributed by atoms with van der Waals surface area (Å²) in [6.07, 6.45) is 1.37. The van der Waals surface area contributed by atoms with Crippen LogP contribution >= 0.6 is 39.1 Å². The Balaban J connectivity index is 1.62. The van der Waals surface area contributed by atoms with Gasteiger partial charge >= 0.3 is 11.8 Å². The third kappa shape index (κ3) is 7.21. The van der Waals surface area contributed by atoms with Gasteiger partial charge in [0.1, 0.15) is 6.61 Å². The Morgan fingerprint density at radius 2 is 1.71 bits per heavy atom. The number of hydrazone groups is 1. The third-order valence-corrected chi connectivity index (χ3v) is 5.49. The summed E-state index contributed by atoms with van der Waals surface area (Å²) >= 11 is 15.3. The first kappa shape index (κ1) is 25.6. The first-order chi connectivity index (χ1) is 16.2. The van der Waals surface area contributed by atoms with E-state index in [9.17, 15) is 9.59 Å². The van der Waals surface area contributed by atoms with Crippen molar-refractivity contribution in [2.45, 2.75) is 13.5 Å². The van der Waals surface area contributed by atoms with Gasteiger partial charge in [0.25, 0.3) is 0 Å². The molecule has 3 rings (SSSR count). The second kappa shape index (κ2) is 11.9. The van der Waals surface area contributed by atoms with E-state index < -0.39 is 11.8 Å². The average molecular weight is 565 g/mol. The quantitative estimate of drug-likeness (QED) is 0.217. The van der Waals surface area contributed by atoms with Crippen LogP contribution in [0.1, 0.15) is 16.7 Å². The Labute approximate surface area is 215 Å². The molecule has 2 amide bonds. The molecule has 10 heteroatoms. The van der Waals surface area contributed by atoms with Gasteiger partial charge in [-0.3, -0.25) is 9.59 Å². The molecule has 0 aliphatic heterocycles. The van der Waals surface area contributed by atoms with Gasteiger partial charge in [-0.2, -0.15) is 5.10 Å². The summed E-state index contributed by atoms with van der Waals surface area (Å²) in [5, 5.41) is 6.88. The topological polar surface area (TPSA) is 89.0 Å². The van der Waals surface area contributed by atoms with Crippen LogP contribution in [0.3, 0.4) is 0 Å². The highest BCUT2D eigenvalue weighted by atomic mass is 79.9. The minimum absolute atomic E-state index is 0.288. The summed E-state index contributed by atoms with van der Waals surface area (Å²) in [6.45, 7) is 2.39. The molecule has 7 nitrogen and oxygen atoms in total. The molecule has 3 aromatic rings. The lowest BCUT2D eigenvalue weighted by Gasteiger charge is -2.13. The zero-order valence-corrected chi connectivity index (χ0v) is 21.3. The number of nitrogens with one attached hydrogen (secondary N) is 2. The van der Waals surface area contributed by atoms with Crippen molar-refractivity contribution in [1.82, 2.24) is 5.43 Å². The monoisotopic (exact) mass is 563 g/mol. The molecule has 0 fully saturated rings. The number of nitrogens with zero attached hydrogens (tertiary/aromatic N) is 1. The van der Waals surface area contributed by atoms with Crippen molar-refractivity contribution in [1.29, 1.82) is 0 Å². The fourth-order valence-electron chi connectivity index (χ4n) is 2.82. The first-order valence-electron chi connectivity index (χ1n) is 9.91. The molecule has 34 heavy (non-hydrogen) atoms. The molecule has 0 aromatic heterocycles. The summed E-state index contributed by atoms with van der Waals surface area (Å²) < 4.78 is 12.0. The lowest BCUT2D eigenvalue weighted by atomic mass is 10.2. The zero-order valence-electron chi connectivity index (χ0n) is 18.2. The molecular formula is C24H20BrCl2N3O4. The van der Waals surface area contributed by atoms with E-state index in [4.69, 9.17) is 32.7 Å². The zero-order chi connectivity index (χ0) is 24.7. The van der Waals surface area contributed by atoms with Crippen LogP contribution < -0.4 is 20.2 Å².